The SMILES string of the molecule is O=C(O)CSCCNC(=O)CC1C=CCC1. The average Bonchev–Trinajstić information content (AvgIpc) is 2.69. The van der Waals surface area contributed by atoms with Gasteiger partial charge in [0, 0.05) is 18.7 Å². The van der Waals surface area contributed by atoms with Gasteiger partial charge < -0.3 is 10.4 Å². The summed E-state index contributed by atoms with van der Waals surface area (Å²) in [7, 11) is 0. The molecule has 0 fully saturated rings. The molecule has 1 aliphatic carbocycles. The van der Waals surface area contributed by atoms with Gasteiger partial charge in [0.2, 0.25) is 5.91 Å². The summed E-state index contributed by atoms with van der Waals surface area (Å²) in [6, 6.07) is 0. The van der Waals surface area contributed by atoms with Gasteiger partial charge in [-0.1, -0.05) is 12.2 Å². The monoisotopic (exact) mass is 243 g/mol. The van der Waals surface area contributed by atoms with Crippen LogP contribution in [0.3, 0.4) is 0 Å². The molecule has 90 valence electrons. The molecular weight excluding hydrogens is 226 g/mol. The molecule has 1 rings (SSSR count). The predicted octanol–water partition coefficient (Wildman–Crippen LogP) is 1.28. The molecule has 0 aromatic heterocycles. The van der Waals surface area contributed by atoms with Crippen molar-refractivity contribution in [2.75, 3.05) is 18.1 Å². The van der Waals surface area contributed by atoms with Crippen LogP contribution >= 0.6 is 11.8 Å². The van der Waals surface area contributed by atoms with E-state index in [0.717, 1.165) is 12.8 Å². The molecule has 0 heterocycles. The Morgan fingerprint density at radius 2 is 2.31 bits per heavy atom. The van der Waals surface area contributed by atoms with Crippen LogP contribution in [0, 0.1) is 5.92 Å². The van der Waals surface area contributed by atoms with Crippen LogP contribution in [0.2, 0.25) is 0 Å². The molecule has 0 saturated carbocycles. The van der Waals surface area contributed by atoms with Crippen molar-refractivity contribution in [1.82, 2.24) is 5.32 Å². The summed E-state index contributed by atoms with van der Waals surface area (Å²) >= 11 is 1.32. The van der Waals surface area contributed by atoms with E-state index in [2.05, 4.69) is 17.5 Å². The second kappa shape index (κ2) is 7.33. The second-order valence-corrected chi connectivity index (χ2v) is 4.87. The molecule has 0 radical (unpaired) electrons. The molecule has 5 heteroatoms. The summed E-state index contributed by atoms with van der Waals surface area (Å²) in [6.07, 6.45) is 6.91. The Kier molecular flexibility index (Phi) is 6.00. The molecule has 0 aromatic carbocycles. The minimum Gasteiger partial charge on any atom is -0.481 e. The van der Waals surface area contributed by atoms with E-state index >= 15 is 0 Å². The number of hydrogen-bond donors (Lipinski definition) is 2. The first-order valence-electron chi connectivity index (χ1n) is 5.41. The van der Waals surface area contributed by atoms with E-state index in [1.807, 2.05) is 0 Å². The fourth-order valence-corrected chi connectivity index (χ4v) is 2.16. The van der Waals surface area contributed by atoms with Gasteiger partial charge in [0.25, 0.3) is 0 Å². The Bertz CT molecular complexity index is 278. The van der Waals surface area contributed by atoms with Crippen LogP contribution in [0.4, 0.5) is 0 Å². The molecule has 0 aliphatic heterocycles. The summed E-state index contributed by atoms with van der Waals surface area (Å²) in [5.41, 5.74) is 0. The van der Waals surface area contributed by atoms with Gasteiger partial charge in [0.15, 0.2) is 0 Å². The van der Waals surface area contributed by atoms with Gasteiger partial charge in [-0.2, -0.15) is 0 Å². The smallest absolute Gasteiger partial charge is 0.313 e. The van der Waals surface area contributed by atoms with Crippen molar-refractivity contribution in [3.8, 4) is 0 Å². The van der Waals surface area contributed by atoms with Crippen molar-refractivity contribution in [3.05, 3.63) is 12.2 Å². The molecule has 1 unspecified atom stereocenters. The van der Waals surface area contributed by atoms with Crippen molar-refractivity contribution >= 4 is 23.6 Å². The molecule has 0 saturated heterocycles. The van der Waals surface area contributed by atoms with E-state index in [1.165, 1.54) is 11.8 Å². The fourth-order valence-electron chi connectivity index (χ4n) is 1.60. The van der Waals surface area contributed by atoms with Crippen LogP contribution in [-0.2, 0) is 9.59 Å². The first-order chi connectivity index (χ1) is 7.68. The van der Waals surface area contributed by atoms with Crippen molar-refractivity contribution in [3.63, 3.8) is 0 Å². The summed E-state index contributed by atoms with van der Waals surface area (Å²) in [6.45, 7) is 0.549. The Balaban J connectivity index is 1.97. The molecule has 16 heavy (non-hydrogen) atoms. The maximum absolute atomic E-state index is 11.4. The highest BCUT2D eigenvalue weighted by atomic mass is 32.2. The quantitative estimate of drug-likeness (QED) is 0.522. The zero-order valence-corrected chi connectivity index (χ0v) is 9.96. The van der Waals surface area contributed by atoms with Crippen LogP contribution in [0.25, 0.3) is 0 Å². The van der Waals surface area contributed by atoms with Gasteiger partial charge in [-0.15, -0.1) is 11.8 Å². The third-order valence-corrected chi connectivity index (χ3v) is 3.30. The van der Waals surface area contributed by atoms with Gasteiger partial charge in [-0.05, 0) is 18.8 Å². The first kappa shape index (κ1) is 13.1. The summed E-state index contributed by atoms with van der Waals surface area (Å²) < 4.78 is 0. The number of carboxylic acids is 1. The van der Waals surface area contributed by atoms with Crippen LogP contribution in [0.1, 0.15) is 19.3 Å². The van der Waals surface area contributed by atoms with Crippen LogP contribution in [-0.4, -0.2) is 35.0 Å². The zero-order chi connectivity index (χ0) is 11.8. The molecule has 0 aromatic rings. The highest BCUT2D eigenvalue weighted by Gasteiger charge is 2.13. The van der Waals surface area contributed by atoms with E-state index in [1.54, 1.807) is 0 Å². The van der Waals surface area contributed by atoms with Crippen molar-refractivity contribution < 1.29 is 14.7 Å². The minimum atomic E-state index is -0.813. The normalized spacial score (nSPS) is 18.6. The Labute approximate surface area is 99.5 Å². The van der Waals surface area contributed by atoms with E-state index < -0.39 is 5.97 Å². The van der Waals surface area contributed by atoms with E-state index in [9.17, 15) is 9.59 Å². The van der Waals surface area contributed by atoms with Gasteiger partial charge in [-0.3, -0.25) is 9.59 Å². The summed E-state index contributed by atoms with van der Waals surface area (Å²) in [5, 5.41) is 11.2. The molecule has 0 spiro atoms. The minimum absolute atomic E-state index is 0.0625. The largest absolute Gasteiger partial charge is 0.481 e. The lowest BCUT2D eigenvalue weighted by Crippen LogP contribution is -2.27. The second-order valence-electron chi connectivity index (χ2n) is 3.77. The summed E-state index contributed by atoms with van der Waals surface area (Å²) in [4.78, 5) is 21.6. The lowest BCUT2D eigenvalue weighted by atomic mass is 10.1. The molecule has 1 atom stereocenters. The zero-order valence-electron chi connectivity index (χ0n) is 9.15. The highest BCUT2D eigenvalue weighted by Crippen LogP contribution is 2.19. The summed E-state index contributed by atoms with van der Waals surface area (Å²) in [5.74, 6) is 0.395. The first-order valence-corrected chi connectivity index (χ1v) is 6.57. The number of aliphatic carboxylic acids is 1. The van der Waals surface area contributed by atoms with Gasteiger partial charge in [0.05, 0.1) is 5.75 Å². The average molecular weight is 243 g/mol. The molecule has 2 N–H and O–H groups in total. The number of rotatable bonds is 7. The number of carboxylic acid groups (broad SMARTS) is 1. The predicted molar refractivity (Wildman–Crippen MR) is 64.5 cm³/mol. The van der Waals surface area contributed by atoms with E-state index in [4.69, 9.17) is 5.11 Å². The van der Waals surface area contributed by atoms with E-state index in [-0.39, 0.29) is 11.7 Å². The molecule has 4 nitrogen and oxygen atoms in total. The Morgan fingerprint density at radius 1 is 1.50 bits per heavy atom. The lowest BCUT2D eigenvalue weighted by Gasteiger charge is -2.08. The number of carbonyl (C=O) groups is 2. The van der Waals surface area contributed by atoms with Crippen LogP contribution in [0.15, 0.2) is 12.2 Å². The molecular formula is C11H17NO3S. The van der Waals surface area contributed by atoms with Gasteiger partial charge in [0.1, 0.15) is 0 Å². The third-order valence-electron chi connectivity index (χ3n) is 2.35. The number of thioether (sulfide) groups is 1. The number of nitrogens with one attached hydrogen (secondary N) is 1. The van der Waals surface area contributed by atoms with Gasteiger partial charge in [-0.25, -0.2) is 0 Å². The number of allylic oxidation sites excluding steroid dienone is 2. The molecule has 1 amide bonds. The molecule has 1 aliphatic rings. The number of carbonyl (C=O) groups excluding carboxylic acids is 1. The van der Waals surface area contributed by atoms with Gasteiger partial charge >= 0.3 is 5.97 Å². The van der Waals surface area contributed by atoms with Crippen molar-refractivity contribution in [1.29, 1.82) is 0 Å². The number of amides is 1. The Hall–Kier alpha value is -0.970. The number of hydrogen-bond acceptors (Lipinski definition) is 3. The molecule has 0 bridgehead atoms. The topological polar surface area (TPSA) is 66.4 Å². The van der Waals surface area contributed by atoms with Crippen molar-refractivity contribution in [2.24, 2.45) is 5.92 Å². The van der Waals surface area contributed by atoms with Crippen molar-refractivity contribution in [2.45, 2.75) is 19.3 Å². The highest BCUT2D eigenvalue weighted by molar-refractivity contribution is 7.99. The maximum atomic E-state index is 11.4. The van der Waals surface area contributed by atoms with Crippen LogP contribution < -0.4 is 5.32 Å². The fraction of sp³-hybridized carbons (Fsp3) is 0.636. The Morgan fingerprint density at radius 3 is 2.94 bits per heavy atom. The maximum Gasteiger partial charge on any atom is 0.313 e. The third kappa shape index (κ3) is 5.80. The van der Waals surface area contributed by atoms with Crippen LogP contribution in [0.5, 0.6) is 0 Å². The lowest BCUT2D eigenvalue weighted by molar-refractivity contribution is -0.133. The van der Waals surface area contributed by atoms with E-state index in [0.29, 0.717) is 24.6 Å². The standard InChI is InChI=1S/C11H17NO3S/c13-10(7-9-3-1-2-4-9)12-5-6-16-8-11(14)15/h1,3,9H,2,4-8H2,(H,12,13)(H,14,15).